The van der Waals surface area contributed by atoms with Gasteiger partial charge < -0.3 is 15.2 Å². The third kappa shape index (κ3) is 4.57. The zero-order valence-corrected chi connectivity index (χ0v) is 17.8. The molecule has 2 fully saturated rings. The van der Waals surface area contributed by atoms with E-state index in [9.17, 15) is 9.90 Å². The number of hydrogen-bond acceptors (Lipinski definition) is 5. The van der Waals surface area contributed by atoms with Gasteiger partial charge in [-0.15, -0.1) is 0 Å². The van der Waals surface area contributed by atoms with Gasteiger partial charge in [0, 0.05) is 36.7 Å². The molecule has 2 aliphatic rings. The second-order valence-electron chi connectivity index (χ2n) is 8.78. The van der Waals surface area contributed by atoms with Gasteiger partial charge in [0.1, 0.15) is 5.82 Å². The Morgan fingerprint density at radius 1 is 1.17 bits per heavy atom. The van der Waals surface area contributed by atoms with Crippen LogP contribution in [-0.2, 0) is 9.53 Å². The van der Waals surface area contributed by atoms with Crippen LogP contribution < -0.4 is 5.32 Å². The largest absolute Gasteiger partial charge is 0.391 e. The van der Waals surface area contributed by atoms with Crippen LogP contribution in [0.4, 0.5) is 0 Å². The van der Waals surface area contributed by atoms with Crippen molar-refractivity contribution in [1.82, 2.24) is 20.1 Å². The molecule has 2 N–H and O–H groups in total. The zero-order valence-electron chi connectivity index (χ0n) is 17.8. The summed E-state index contributed by atoms with van der Waals surface area (Å²) in [6.07, 6.45) is 3.14. The Labute approximate surface area is 177 Å². The van der Waals surface area contributed by atoms with E-state index in [2.05, 4.69) is 19.2 Å². The number of carbonyl (C=O) groups is 1. The highest BCUT2D eigenvalue weighted by atomic mass is 16.5. The number of aliphatic hydroxyl groups excluding tert-OH is 1. The molecule has 1 aromatic carbocycles. The molecule has 1 aliphatic heterocycles. The summed E-state index contributed by atoms with van der Waals surface area (Å²) in [5.74, 6) is 1.85. The van der Waals surface area contributed by atoms with Crippen LogP contribution in [0.5, 0.6) is 0 Å². The quantitative estimate of drug-likeness (QED) is 0.788. The highest BCUT2D eigenvalue weighted by Gasteiger charge is 2.35. The first-order valence-corrected chi connectivity index (χ1v) is 11.1. The van der Waals surface area contributed by atoms with Crippen LogP contribution in [0.1, 0.15) is 63.7 Å². The number of benzene rings is 1. The lowest BCUT2D eigenvalue weighted by Gasteiger charge is -2.35. The van der Waals surface area contributed by atoms with E-state index in [1.54, 1.807) is 0 Å². The van der Waals surface area contributed by atoms with Crippen molar-refractivity contribution in [3.8, 4) is 11.4 Å². The fourth-order valence-electron chi connectivity index (χ4n) is 4.51. The second-order valence-corrected chi connectivity index (χ2v) is 8.78. The molecule has 1 saturated heterocycles. The van der Waals surface area contributed by atoms with Gasteiger partial charge >= 0.3 is 0 Å². The number of rotatable bonds is 5. The van der Waals surface area contributed by atoms with E-state index in [-0.39, 0.29) is 29.8 Å². The van der Waals surface area contributed by atoms with Crippen molar-refractivity contribution in [2.24, 2.45) is 5.92 Å². The van der Waals surface area contributed by atoms with Crippen LogP contribution in [0.2, 0.25) is 0 Å². The van der Waals surface area contributed by atoms with E-state index >= 15 is 0 Å². The molecule has 7 nitrogen and oxygen atoms in total. The maximum atomic E-state index is 12.7. The number of aliphatic hydroxyl groups is 1. The molecule has 1 aliphatic carbocycles. The SMILES string of the molecule is CC(C)n1nc(-c2ccccc2)nc1[C@H]1CC[C@@H](O)[C@H](NC(=O)C2CCOCC2)C1. The molecule has 3 atom stereocenters. The molecule has 2 aromatic rings. The Morgan fingerprint density at radius 2 is 1.90 bits per heavy atom. The van der Waals surface area contributed by atoms with Crippen molar-refractivity contribution in [2.45, 2.75) is 70.1 Å². The van der Waals surface area contributed by atoms with Gasteiger partial charge in [0.25, 0.3) is 0 Å². The fourth-order valence-corrected chi connectivity index (χ4v) is 4.51. The number of nitrogens with one attached hydrogen (secondary N) is 1. The van der Waals surface area contributed by atoms with E-state index < -0.39 is 6.10 Å². The summed E-state index contributed by atoms with van der Waals surface area (Å²) >= 11 is 0. The van der Waals surface area contributed by atoms with Crippen LogP contribution in [0.15, 0.2) is 30.3 Å². The van der Waals surface area contributed by atoms with Crippen molar-refractivity contribution < 1.29 is 14.6 Å². The Balaban J connectivity index is 1.52. The Bertz CT molecular complexity index is 845. The van der Waals surface area contributed by atoms with E-state index in [0.29, 0.717) is 26.1 Å². The normalized spacial score (nSPS) is 25.4. The summed E-state index contributed by atoms with van der Waals surface area (Å²) < 4.78 is 7.36. The molecular formula is C23H32N4O3. The van der Waals surface area contributed by atoms with Crippen molar-refractivity contribution in [3.05, 3.63) is 36.2 Å². The third-order valence-electron chi connectivity index (χ3n) is 6.28. The van der Waals surface area contributed by atoms with E-state index in [1.807, 2.05) is 35.0 Å². The molecule has 0 unspecified atom stereocenters. The molecule has 0 spiro atoms. The van der Waals surface area contributed by atoms with E-state index in [0.717, 1.165) is 36.5 Å². The molecule has 162 valence electrons. The van der Waals surface area contributed by atoms with Gasteiger partial charge in [0.2, 0.25) is 5.91 Å². The molecule has 1 amide bonds. The monoisotopic (exact) mass is 412 g/mol. The van der Waals surface area contributed by atoms with Crippen LogP contribution >= 0.6 is 0 Å². The van der Waals surface area contributed by atoms with Gasteiger partial charge in [-0.1, -0.05) is 30.3 Å². The second kappa shape index (κ2) is 9.27. The Hall–Kier alpha value is -2.25. The van der Waals surface area contributed by atoms with Crippen LogP contribution in [-0.4, -0.2) is 51.1 Å². The lowest BCUT2D eigenvalue weighted by molar-refractivity contribution is -0.129. The summed E-state index contributed by atoms with van der Waals surface area (Å²) in [5, 5.41) is 18.5. The van der Waals surface area contributed by atoms with E-state index in [1.165, 1.54) is 0 Å². The first-order chi connectivity index (χ1) is 14.5. The van der Waals surface area contributed by atoms with Crippen molar-refractivity contribution >= 4 is 5.91 Å². The average Bonchev–Trinajstić information content (AvgIpc) is 3.22. The predicted molar refractivity (Wildman–Crippen MR) is 114 cm³/mol. The van der Waals surface area contributed by atoms with Gasteiger partial charge in [0.15, 0.2) is 5.82 Å². The molecule has 2 heterocycles. The minimum atomic E-state index is -0.519. The fraction of sp³-hybridized carbons (Fsp3) is 0.609. The number of hydrogen-bond donors (Lipinski definition) is 2. The van der Waals surface area contributed by atoms with Crippen molar-refractivity contribution in [2.75, 3.05) is 13.2 Å². The number of carbonyl (C=O) groups excluding carboxylic acids is 1. The van der Waals surface area contributed by atoms with Gasteiger partial charge in [-0.2, -0.15) is 5.10 Å². The molecule has 0 radical (unpaired) electrons. The summed E-state index contributed by atoms with van der Waals surface area (Å²) in [4.78, 5) is 17.6. The first kappa shape index (κ1) is 21.0. The van der Waals surface area contributed by atoms with Gasteiger partial charge in [0.05, 0.1) is 12.1 Å². The third-order valence-corrected chi connectivity index (χ3v) is 6.28. The highest BCUT2D eigenvalue weighted by molar-refractivity contribution is 5.79. The Morgan fingerprint density at radius 3 is 2.60 bits per heavy atom. The van der Waals surface area contributed by atoms with E-state index in [4.69, 9.17) is 14.8 Å². The minimum Gasteiger partial charge on any atom is -0.391 e. The smallest absolute Gasteiger partial charge is 0.223 e. The number of amides is 1. The van der Waals surface area contributed by atoms with Crippen molar-refractivity contribution in [1.29, 1.82) is 0 Å². The molecule has 1 aromatic heterocycles. The Kier molecular flexibility index (Phi) is 6.49. The summed E-state index contributed by atoms with van der Waals surface area (Å²) in [6, 6.07) is 9.94. The molecule has 1 saturated carbocycles. The zero-order chi connectivity index (χ0) is 21.1. The topological polar surface area (TPSA) is 89.3 Å². The lowest BCUT2D eigenvalue weighted by atomic mass is 9.82. The maximum Gasteiger partial charge on any atom is 0.223 e. The van der Waals surface area contributed by atoms with Crippen LogP contribution in [0.25, 0.3) is 11.4 Å². The van der Waals surface area contributed by atoms with Crippen molar-refractivity contribution in [3.63, 3.8) is 0 Å². The summed E-state index contributed by atoms with van der Waals surface area (Å²) in [5.41, 5.74) is 0.998. The van der Waals surface area contributed by atoms with Gasteiger partial charge in [-0.25, -0.2) is 9.67 Å². The minimum absolute atomic E-state index is 0.0182. The molecular weight excluding hydrogens is 380 g/mol. The summed E-state index contributed by atoms with van der Waals surface area (Å²) in [7, 11) is 0. The average molecular weight is 413 g/mol. The predicted octanol–water partition coefficient (Wildman–Crippen LogP) is 3.07. The maximum absolute atomic E-state index is 12.7. The van der Waals surface area contributed by atoms with Gasteiger partial charge in [-0.05, 0) is 46.0 Å². The van der Waals surface area contributed by atoms with Crippen LogP contribution in [0.3, 0.4) is 0 Å². The number of nitrogens with zero attached hydrogens (tertiary/aromatic N) is 3. The molecule has 7 heteroatoms. The number of ether oxygens (including phenoxy) is 1. The molecule has 30 heavy (non-hydrogen) atoms. The first-order valence-electron chi connectivity index (χ1n) is 11.1. The lowest BCUT2D eigenvalue weighted by Crippen LogP contribution is -2.49. The summed E-state index contributed by atoms with van der Waals surface area (Å²) in [6.45, 7) is 5.48. The molecule has 4 rings (SSSR count). The molecule has 0 bridgehead atoms. The van der Waals surface area contributed by atoms with Crippen LogP contribution in [0, 0.1) is 5.92 Å². The number of aromatic nitrogens is 3. The standard InChI is InChI=1S/C23H32N4O3/c1-15(2)27-22(25-21(26-27)16-6-4-3-5-7-16)18-8-9-20(28)19(14-18)24-23(29)17-10-12-30-13-11-17/h3-7,15,17-20,28H,8-14H2,1-2H3,(H,24,29)/t18-,19+,20+/m0/s1. The van der Waals surface area contributed by atoms with Gasteiger partial charge in [-0.3, -0.25) is 4.79 Å². The highest BCUT2D eigenvalue weighted by Crippen LogP contribution is 2.34.